The largest absolute Gasteiger partial charge is 0.378 e. The van der Waals surface area contributed by atoms with Gasteiger partial charge in [-0.25, -0.2) is 13.1 Å². The minimum atomic E-state index is -3.43. The van der Waals surface area contributed by atoms with E-state index in [1.165, 1.54) is 0 Å². The van der Waals surface area contributed by atoms with E-state index in [0.29, 0.717) is 11.5 Å². The summed E-state index contributed by atoms with van der Waals surface area (Å²) in [5.41, 5.74) is 1.07. The minimum Gasteiger partial charge on any atom is -0.378 e. The molecule has 0 amide bonds. The second-order valence-corrected chi connectivity index (χ2v) is 7.16. The van der Waals surface area contributed by atoms with E-state index in [0.717, 1.165) is 18.4 Å². The number of rotatable bonds is 7. The molecule has 1 fully saturated rings. The van der Waals surface area contributed by atoms with Crippen molar-refractivity contribution in [2.75, 3.05) is 13.7 Å². The Balaban J connectivity index is 1.97. The predicted molar refractivity (Wildman–Crippen MR) is 82.7 cm³/mol. The second kappa shape index (κ2) is 6.87. The highest BCUT2D eigenvalue weighted by Crippen LogP contribution is 2.25. The van der Waals surface area contributed by atoms with Crippen LogP contribution in [0.5, 0.6) is 0 Å². The van der Waals surface area contributed by atoms with Crippen LogP contribution in [0.4, 0.5) is 0 Å². The maximum absolute atomic E-state index is 12.3. The zero-order valence-electron chi connectivity index (χ0n) is 12.8. The second-order valence-electron chi connectivity index (χ2n) is 5.45. The molecule has 1 unspecified atom stereocenters. The molecule has 118 valence electrons. The van der Waals surface area contributed by atoms with E-state index in [2.05, 4.69) is 10.0 Å². The van der Waals surface area contributed by atoms with Crippen LogP contribution < -0.4 is 10.0 Å². The maximum atomic E-state index is 12.3. The molecular formula is C15H24N2O3S. The molecule has 0 heterocycles. The lowest BCUT2D eigenvalue weighted by Gasteiger charge is -2.35. The average Bonchev–Trinajstić information content (AvgIpc) is 2.44. The Morgan fingerprint density at radius 2 is 1.90 bits per heavy atom. The van der Waals surface area contributed by atoms with Gasteiger partial charge in [0.25, 0.3) is 0 Å². The third-order valence-electron chi connectivity index (χ3n) is 3.94. The van der Waals surface area contributed by atoms with Crippen molar-refractivity contribution in [1.82, 2.24) is 10.0 Å². The number of ether oxygens (including phenoxy) is 1. The summed E-state index contributed by atoms with van der Waals surface area (Å²) < 4.78 is 32.7. The van der Waals surface area contributed by atoms with Gasteiger partial charge in [0.2, 0.25) is 10.0 Å². The summed E-state index contributed by atoms with van der Waals surface area (Å²) in [5, 5.41) is 3.13. The summed E-state index contributed by atoms with van der Waals surface area (Å²) in [6, 6.07) is 7.20. The standard InChI is InChI=1S/C15H24N2O3S/c1-4-20-14-9-13(10-14)17-21(18,19)15-7-5-12(6-8-15)11(2)16-3/h5-8,11,13-14,16-17H,4,9-10H2,1-3H3. The lowest BCUT2D eigenvalue weighted by Crippen LogP contribution is -2.47. The molecule has 0 radical (unpaired) electrons. The molecule has 21 heavy (non-hydrogen) atoms. The van der Waals surface area contributed by atoms with Crippen LogP contribution in [0.15, 0.2) is 29.2 Å². The first kappa shape index (κ1) is 16.4. The fraction of sp³-hybridized carbons (Fsp3) is 0.600. The first-order chi connectivity index (χ1) is 9.96. The Labute approximate surface area is 127 Å². The first-order valence-electron chi connectivity index (χ1n) is 7.37. The fourth-order valence-corrected chi connectivity index (χ4v) is 3.69. The predicted octanol–water partition coefficient (Wildman–Crippen LogP) is 1.81. The van der Waals surface area contributed by atoms with Gasteiger partial charge in [-0.05, 0) is 51.4 Å². The van der Waals surface area contributed by atoms with Crippen LogP contribution in [0.3, 0.4) is 0 Å². The van der Waals surface area contributed by atoms with Gasteiger partial charge in [0, 0.05) is 18.7 Å². The summed E-state index contributed by atoms with van der Waals surface area (Å²) in [5.74, 6) is 0. The van der Waals surface area contributed by atoms with Gasteiger partial charge in [0.1, 0.15) is 0 Å². The monoisotopic (exact) mass is 312 g/mol. The van der Waals surface area contributed by atoms with Crippen molar-refractivity contribution in [3.8, 4) is 0 Å². The molecule has 6 heteroatoms. The Bertz CT molecular complexity index is 551. The third kappa shape index (κ3) is 4.03. The topological polar surface area (TPSA) is 67.4 Å². The smallest absolute Gasteiger partial charge is 0.240 e. The van der Waals surface area contributed by atoms with Crippen molar-refractivity contribution >= 4 is 10.0 Å². The van der Waals surface area contributed by atoms with Crippen LogP contribution in [0.25, 0.3) is 0 Å². The number of hydrogen-bond acceptors (Lipinski definition) is 4. The fourth-order valence-electron chi connectivity index (χ4n) is 2.42. The molecule has 2 N–H and O–H groups in total. The van der Waals surface area contributed by atoms with Crippen molar-refractivity contribution in [2.24, 2.45) is 0 Å². The number of sulfonamides is 1. The zero-order chi connectivity index (χ0) is 15.5. The van der Waals surface area contributed by atoms with Gasteiger partial charge in [-0.1, -0.05) is 12.1 Å². The van der Waals surface area contributed by atoms with E-state index < -0.39 is 10.0 Å². The molecule has 1 aliphatic carbocycles. The van der Waals surface area contributed by atoms with Gasteiger partial charge in [-0.2, -0.15) is 0 Å². The molecule has 5 nitrogen and oxygen atoms in total. The molecule has 2 rings (SSSR count). The van der Waals surface area contributed by atoms with E-state index in [-0.39, 0.29) is 18.2 Å². The SMILES string of the molecule is CCOC1CC(NS(=O)(=O)c2ccc(C(C)NC)cc2)C1. The van der Waals surface area contributed by atoms with Gasteiger partial charge in [-0.3, -0.25) is 0 Å². The first-order valence-corrected chi connectivity index (χ1v) is 8.85. The normalized spacial score (nSPS) is 23.6. The highest BCUT2D eigenvalue weighted by molar-refractivity contribution is 7.89. The number of nitrogens with one attached hydrogen (secondary N) is 2. The maximum Gasteiger partial charge on any atom is 0.240 e. The van der Waals surface area contributed by atoms with Crippen LogP contribution in [-0.2, 0) is 14.8 Å². The molecule has 1 saturated carbocycles. The average molecular weight is 312 g/mol. The summed E-state index contributed by atoms with van der Waals surface area (Å²) in [6.07, 6.45) is 1.70. The molecule has 1 atom stereocenters. The van der Waals surface area contributed by atoms with Crippen LogP contribution in [-0.4, -0.2) is 34.2 Å². The molecule has 0 aliphatic heterocycles. The van der Waals surface area contributed by atoms with Crippen molar-refractivity contribution in [3.63, 3.8) is 0 Å². The van der Waals surface area contributed by atoms with Crippen LogP contribution in [0.2, 0.25) is 0 Å². The highest BCUT2D eigenvalue weighted by Gasteiger charge is 2.33. The zero-order valence-corrected chi connectivity index (χ0v) is 13.6. The lowest BCUT2D eigenvalue weighted by atomic mass is 9.90. The van der Waals surface area contributed by atoms with Crippen LogP contribution in [0.1, 0.15) is 38.3 Å². The molecule has 0 bridgehead atoms. The van der Waals surface area contributed by atoms with Gasteiger partial charge in [-0.15, -0.1) is 0 Å². The van der Waals surface area contributed by atoms with Crippen LogP contribution in [0, 0.1) is 0 Å². The summed E-state index contributed by atoms with van der Waals surface area (Å²) in [7, 11) is -1.56. The van der Waals surface area contributed by atoms with E-state index in [4.69, 9.17) is 4.74 Å². The van der Waals surface area contributed by atoms with E-state index in [1.807, 2.05) is 33.0 Å². The van der Waals surface area contributed by atoms with E-state index in [1.54, 1.807) is 12.1 Å². The molecule has 0 aromatic heterocycles. The van der Waals surface area contributed by atoms with Crippen molar-refractivity contribution in [1.29, 1.82) is 0 Å². The Kier molecular flexibility index (Phi) is 5.37. The summed E-state index contributed by atoms with van der Waals surface area (Å²) in [4.78, 5) is 0.314. The van der Waals surface area contributed by atoms with Gasteiger partial charge in [0.05, 0.1) is 11.0 Å². The Hall–Kier alpha value is -0.950. The lowest BCUT2D eigenvalue weighted by molar-refractivity contribution is -0.00475. The molecule has 0 spiro atoms. The summed E-state index contributed by atoms with van der Waals surface area (Å²) in [6.45, 7) is 4.66. The number of hydrogen-bond donors (Lipinski definition) is 2. The van der Waals surface area contributed by atoms with Gasteiger partial charge < -0.3 is 10.1 Å². The molecule has 1 aromatic rings. The van der Waals surface area contributed by atoms with Gasteiger partial charge >= 0.3 is 0 Å². The van der Waals surface area contributed by atoms with E-state index in [9.17, 15) is 8.42 Å². The molecular weight excluding hydrogens is 288 g/mol. The summed E-state index contributed by atoms with van der Waals surface area (Å²) >= 11 is 0. The Morgan fingerprint density at radius 3 is 2.43 bits per heavy atom. The quantitative estimate of drug-likeness (QED) is 0.806. The van der Waals surface area contributed by atoms with Crippen molar-refractivity contribution in [3.05, 3.63) is 29.8 Å². The number of benzene rings is 1. The van der Waals surface area contributed by atoms with Crippen molar-refractivity contribution in [2.45, 2.75) is 49.8 Å². The minimum absolute atomic E-state index is 0.0116. The third-order valence-corrected chi connectivity index (χ3v) is 5.48. The van der Waals surface area contributed by atoms with Crippen LogP contribution >= 0.6 is 0 Å². The molecule has 0 saturated heterocycles. The van der Waals surface area contributed by atoms with Crippen molar-refractivity contribution < 1.29 is 13.2 Å². The molecule has 1 aromatic carbocycles. The van der Waals surface area contributed by atoms with E-state index >= 15 is 0 Å². The Morgan fingerprint density at radius 1 is 1.29 bits per heavy atom. The highest BCUT2D eigenvalue weighted by atomic mass is 32.2. The van der Waals surface area contributed by atoms with Gasteiger partial charge in [0.15, 0.2) is 0 Å². The molecule has 1 aliphatic rings.